The SMILES string of the molecule is Cc1ccc(S(=O)(=O)CCCC(=O)Nc2ccc(O)c(-c3nc4ccccc4s3)c2)cc1. The predicted octanol–water partition coefficient (Wildman–Crippen LogP) is 5.17. The van der Waals surface area contributed by atoms with E-state index in [1.54, 1.807) is 36.4 Å². The number of anilines is 1. The molecule has 4 rings (SSSR count). The molecule has 0 saturated heterocycles. The van der Waals surface area contributed by atoms with Crippen LogP contribution in [0.5, 0.6) is 5.75 Å². The highest BCUT2D eigenvalue weighted by Crippen LogP contribution is 2.36. The van der Waals surface area contributed by atoms with E-state index in [4.69, 9.17) is 0 Å². The third-order valence-electron chi connectivity index (χ3n) is 5.00. The second kappa shape index (κ2) is 9.10. The molecule has 0 aliphatic carbocycles. The van der Waals surface area contributed by atoms with Crippen LogP contribution in [0.2, 0.25) is 0 Å². The van der Waals surface area contributed by atoms with Crippen molar-refractivity contribution >= 4 is 43.0 Å². The van der Waals surface area contributed by atoms with Crippen molar-refractivity contribution in [3.63, 3.8) is 0 Å². The molecule has 4 aromatic rings. The molecule has 2 N–H and O–H groups in total. The van der Waals surface area contributed by atoms with Crippen molar-refractivity contribution in [2.75, 3.05) is 11.1 Å². The zero-order valence-corrected chi connectivity index (χ0v) is 19.0. The summed E-state index contributed by atoms with van der Waals surface area (Å²) in [7, 11) is -3.43. The summed E-state index contributed by atoms with van der Waals surface area (Å²) in [6, 6.07) is 19.2. The number of rotatable bonds is 7. The molecule has 1 amide bonds. The van der Waals surface area contributed by atoms with Crippen molar-refractivity contribution in [1.82, 2.24) is 4.98 Å². The molecule has 0 aliphatic heterocycles. The van der Waals surface area contributed by atoms with Crippen LogP contribution in [-0.4, -0.2) is 30.2 Å². The smallest absolute Gasteiger partial charge is 0.224 e. The summed E-state index contributed by atoms with van der Waals surface area (Å²) in [5.74, 6) is -0.313. The Balaban J connectivity index is 1.40. The van der Waals surface area contributed by atoms with Gasteiger partial charge in [0.1, 0.15) is 10.8 Å². The second-order valence-electron chi connectivity index (χ2n) is 7.50. The Kier molecular flexibility index (Phi) is 6.25. The summed E-state index contributed by atoms with van der Waals surface area (Å²) in [5, 5.41) is 13.7. The number of hydrogen-bond donors (Lipinski definition) is 2. The van der Waals surface area contributed by atoms with Gasteiger partial charge in [-0.3, -0.25) is 4.79 Å². The minimum atomic E-state index is -3.43. The lowest BCUT2D eigenvalue weighted by Crippen LogP contribution is -2.14. The van der Waals surface area contributed by atoms with E-state index < -0.39 is 9.84 Å². The van der Waals surface area contributed by atoms with E-state index in [1.165, 1.54) is 17.4 Å². The quantitative estimate of drug-likeness (QED) is 0.366. The minimum Gasteiger partial charge on any atom is -0.507 e. The number of aromatic hydroxyl groups is 1. The number of carbonyl (C=O) groups is 1. The van der Waals surface area contributed by atoms with Crippen LogP contribution in [0, 0.1) is 6.92 Å². The van der Waals surface area contributed by atoms with Crippen LogP contribution >= 0.6 is 11.3 Å². The molecule has 0 saturated carbocycles. The molecular weight excluding hydrogens is 444 g/mol. The molecule has 164 valence electrons. The maximum Gasteiger partial charge on any atom is 0.224 e. The van der Waals surface area contributed by atoms with E-state index in [2.05, 4.69) is 10.3 Å². The number of hydrogen-bond acceptors (Lipinski definition) is 6. The number of nitrogens with one attached hydrogen (secondary N) is 1. The molecule has 0 bridgehead atoms. The van der Waals surface area contributed by atoms with Crippen LogP contribution in [-0.2, 0) is 14.6 Å². The first-order valence-corrected chi connectivity index (χ1v) is 12.6. The molecule has 1 heterocycles. The molecule has 6 nitrogen and oxygen atoms in total. The van der Waals surface area contributed by atoms with E-state index in [9.17, 15) is 18.3 Å². The first-order valence-electron chi connectivity index (χ1n) is 10.1. The van der Waals surface area contributed by atoms with Crippen molar-refractivity contribution in [1.29, 1.82) is 0 Å². The first-order chi connectivity index (χ1) is 15.3. The molecule has 1 aromatic heterocycles. The minimum absolute atomic E-state index is 0.0719. The van der Waals surface area contributed by atoms with Gasteiger partial charge in [-0.05, 0) is 55.8 Å². The van der Waals surface area contributed by atoms with Crippen LogP contribution in [0.15, 0.2) is 71.6 Å². The average molecular weight is 467 g/mol. The normalized spacial score (nSPS) is 11.5. The number of aryl methyl sites for hydroxylation is 1. The third kappa shape index (κ3) is 4.98. The van der Waals surface area contributed by atoms with Gasteiger partial charge < -0.3 is 10.4 Å². The summed E-state index contributed by atoms with van der Waals surface area (Å²) in [6.45, 7) is 1.90. The number of aromatic nitrogens is 1. The molecule has 3 aromatic carbocycles. The van der Waals surface area contributed by atoms with Crippen LogP contribution in [0.25, 0.3) is 20.8 Å². The Morgan fingerprint density at radius 1 is 1.06 bits per heavy atom. The Morgan fingerprint density at radius 2 is 1.81 bits per heavy atom. The molecule has 0 unspecified atom stereocenters. The first kappa shape index (κ1) is 22.0. The standard InChI is InChI=1S/C24H22N2O4S2/c1-16-8-11-18(12-9-16)32(29,30)14-4-7-23(28)25-17-10-13-21(27)19(15-17)24-26-20-5-2-3-6-22(20)31-24/h2-3,5-6,8-13,15,27H,4,7,14H2,1H3,(H,25,28). The largest absolute Gasteiger partial charge is 0.507 e. The van der Waals surface area contributed by atoms with Crippen LogP contribution in [0.1, 0.15) is 18.4 Å². The maximum absolute atomic E-state index is 12.4. The van der Waals surface area contributed by atoms with Crippen molar-refractivity contribution in [3.8, 4) is 16.3 Å². The van der Waals surface area contributed by atoms with Gasteiger partial charge in [0.15, 0.2) is 9.84 Å². The average Bonchev–Trinajstić information content (AvgIpc) is 3.19. The molecular formula is C24H22N2O4S2. The second-order valence-corrected chi connectivity index (χ2v) is 10.6. The van der Waals surface area contributed by atoms with Gasteiger partial charge in [-0.15, -0.1) is 11.3 Å². The molecule has 0 aliphatic rings. The van der Waals surface area contributed by atoms with Gasteiger partial charge in [0.2, 0.25) is 5.91 Å². The van der Waals surface area contributed by atoms with E-state index in [0.717, 1.165) is 15.8 Å². The highest BCUT2D eigenvalue weighted by atomic mass is 32.2. The predicted molar refractivity (Wildman–Crippen MR) is 128 cm³/mol. The van der Waals surface area contributed by atoms with Gasteiger partial charge in [0.25, 0.3) is 0 Å². The van der Waals surface area contributed by atoms with E-state index in [0.29, 0.717) is 16.3 Å². The zero-order valence-electron chi connectivity index (χ0n) is 17.4. The summed E-state index contributed by atoms with van der Waals surface area (Å²) < 4.78 is 25.9. The Morgan fingerprint density at radius 3 is 2.56 bits per heavy atom. The van der Waals surface area contributed by atoms with Gasteiger partial charge in [-0.25, -0.2) is 13.4 Å². The fraction of sp³-hybridized carbons (Fsp3) is 0.167. The van der Waals surface area contributed by atoms with Crippen molar-refractivity contribution in [2.45, 2.75) is 24.7 Å². The Bertz CT molecular complexity index is 1340. The number of para-hydroxylation sites is 1. The summed E-state index contributed by atoms with van der Waals surface area (Å²) in [4.78, 5) is 17.2. The van der Waals surface area contributed by atoms with Gasteiger partial charge >= 0.3 is 0 Å². The maximum atomic E-state index is 12.4. The van der Waals surface area contributed by atoms with Crippen molar-refractivity contribution in [3.05, 3.63) is 72.3 Å². The molecule has 8 heteroatoms. The fourth-order valence-corrected chi connectivity index (χ4v) is 5.58. The zero-order chi connectivity index (χ0) is 22.7. The lowest BCUT2D eigenvalue weighted by atomic mass is 10.1. The number of thiazole rings is 1. The number of nitrogens with zero attached hydrogens (tertiary/aromatic N) is 1. The molecule has 0 radical (unpaired) electrons. The topological polar surface area (TPSA) is 96.4 Å². The Labute approximate surface area is 190 Å². The number of sulfone groups is 1. The highest BCUT2D eigenvalue weighted by Gasteiger charge is 2.16. The van der Waals surface area contributed by atoms with Gasteiger partial charge in [-0.2, -0.15) is 0 Å². The number of phenolic OH excluding ortho intramolecular Hbond substituents is 1. The number of amides is 1. The number of carbonyl (C=O) groups excluding carboxylic acids is 1. The number of phenols is 1. The monoisotopic (exact) mass is 466 g/mol. The molecule has 0 spiro atoms. The summed E-state index contributed by atoms with van der Waals surface area (Å²) in [5.41, 5.74) is 2.88. The lowest BCUT2D eigenvalue weighted by molar-refractivity contribution is -0.116. The van der Waals surface area contributed by atoms with Crippen molar-refractivity contribution < 1.29 is 18.3 Å². The van der Waals surface area contributed by atoms with Gasteiger partial charge in [0, 0.05) is 12.1 Å². The van der Waals surface area contributed by atoms with E-state index in [-0.39, 0.29) is 35.1 Å². The third-order valence-corrected chi connectivity index (χ3v) is 7.89. The Hall–Kier alpha value is -3.23. The van der Waals surface area contributed by atoms with Crippen LogP contribution in [0.4, 0.5) is 5.69 Å². The number of fused-ring (bicyclic) bond motifs is 1. The fourth-order valence-electron chi connectivity index (χ4n) is 3.28. The summed E-state index contributed by atoms with van der Waals surface area (Å²) in [6.07, 6.45) is 0.285. The van der Waals surface area contributed by atoms with Crippen molar-refractivity contribution in [2.24, 2.45) is 0 Å². The number of benzene rings is 3. The molecule has 0 atom stereocenters. The highest BCUT2D eigenvalue weighted by molar-refractivity contribution is 7.91. The van der Waals surface area contributed by atoms with Gasteiger partial charge in [0.05, 0.1) is 26.4 Å². The molecule has 32 heavy (non-hydrogen) atoms. The van der Waals surface area contributed by atoms with E-state index >= 15 is 0 Å². The summed E-state index contributed by atoms with van der Waals surface area (Å²) >= 11 is 1.46. The molecule has 0 fully saturated rings. The van der Waals surface area contributed by atoms with Gasteiger partial charge in [-0.1, -0.05) is 29.8 Å². The van der Waals surface area contributed by atoms with Crippen LogP contribution < -0.4 is 5.32 Å². The van der Waals surface area contributed by atoms with Crippen LogP contribution in [0.3, 0.4) is 0 Å². The van der Waals surface area contributed by atoms with E-state index in [1.807, 2.05) is 31.2 Å². The lowest BCUT2D eigenvalue weighted by Gasteiger charge is -2.09.